The van der Waals surface area contributed by atoms with E-state index in [2.05, 4.69) is 15.5 Å². The Bertz CT molecular complexity index is 836. The highest BCUT2D eigenvalue weighted by molar-refractivity contribution is 6.30. The fourth-order valence-electron chi connectivity index (χ4n) is 3.40. The summed E-state index contributed by atoms with van der Waals surface area (Å²) in [5, 5.41) is 6.32. The Morgan fingerprint density at radius 3 is 2.28 bits per heavy atom. The number of benzene rings is 2. The highest BCUT2D eigenvalue weighted by Gasteiger charge is 2.30. The quantitative estimate of drug-likeness (QED) is 0.781. The average molecular weight is 415 g/mol. The van der Waals surface area contributed by atoms with Crippen molar-refractivity contribution in [3.05, 3.63) is 59.6 Å². The van der Waals surface area contributed by atoms with E-state index in [9.17, 15) is 9.59 Å². The van der Waals surface area contributed by atoms with Gasteiger partial charge in [0.2, 0.25) is 5.91 Å². The zero-order valence-electron chi connectivity index (χ0n) is 16.8. The van der Waals surface area contributed by atoms with Crippen molar-refractivity contribution >= 4 is 34.9 Å². The largest absolute Gasteiger partial charge is 0.368 e. The van der Waals surface area contributed by atoms with Gasteiger partial charge in [-0.05, 0) is 36.2 Å². The predicted octanol–water partition coefficient (Wildman–Crippen LogP) is 3.83. The molecule has 0 bridgehead atoms. The van der Waals surface area contributed by atoms with Gasteiger partial charge in [0.1, 0.15) is 6.04 Å². The number of nitrogens with zero attached hydrogens (tertiary/aromatic N) is 2. The summed E-state index contributed by atoms with van der Waals surface area (Å²) in [6.45, 7) is 6.55. The molecule has 154 valence electrons. The van der Waals surface area contributed by atoms with Crippen molar-refractivity contribution in [1.29, 1.82) is 0 Å². The molecule has 2 aromatic rings. The topological polar surface area (TPSA) is 64.7 Å². The summed E-state index contributed by atoms with van der Waals surface area (Å²) in [5.41, 5.74) is 1.75. The average Bonchev–Trinajstić information content (AvgIpc) is 2.72. The van der Waals surface area contributed by atoms with Crippen LogP contribution in [0, 0.1) is 5.92 Å². The number of para-hydroxylation sites is 1. The predicted molar refractivity (Wildman–Crippen MR) is 117 cm³/mol. The Hall–Kier alpha value is -2.73. The van der Waals surface area contributed by atoms with Crippen LogP contribution in [-0.2, 0) is 4.79 Å². The molecule has 1 atom stereocenters. The number of halogens is 1. The third-order valence-corrected chi connectivity index (χ3v) is 5.25. The molecular formula is C22H27ClN4O2. The molecule has 0 radical (unpaired) electrons. The van der Waals surface area contributed by atoms with Crippen LogP contribution in [0.5, 0.6) is 0 Å². The molecule has 1 aliphatic heterocycles. The van der Waals surface area contributed by atoms with Crippen molar-refractivity contribution in [2.75, 3.05) is 36.4 Å². The Morgan fingerprint density at radius 2 is 1.66 bits per heavy atom. The van der Waals surface area contributed by atoms with Crippen molar-refractivity contribution < 1.29 is 9.59 Å². The second-order valence-electron chi connectivity index (χ2n) is 7.48. The summed E-state index contributed by atoms with van der Waals surface area (Å²) in [4.78, 5) is 29.5. The maximum Gasteiger partial charge on any atom is 0.319 e. The van der Waals surface area contributed by atoms with Crippen LogP contribution in [0.15, 0.2) is 54.6 Å². The zero-order valence-corrected chi connectivity index (χ0v) is 17.5. The van der Waals surface area contributed by atoms with E-state index >= 15 is 0 Å². The van der Waals surface area contributed by atoms with Gasteiger partial charge < -0.3 is 20.4 Å². The minimum Gasteiger partial charge on any atom is -0.368 e. The highest BCUT2D eigenvalue weighted by Crippen LogP contribution is 2.21. The van der Waals surface area contributed by atoms with Crippen molar-refractivity contribution in [3.63, 3.8) is 0 Å². The van der Waals surface area contributed by atoms with Crippen LogP contribution in [-0.4, -0.2) is 49.1 Å². The Balaban J connectivity index is 1.57. The van der Waals surface area contributed by atoms with Gasteiger partial charge in [0.15, 0.2) is 0 Å². The molecular weight excluding hydrogens is 388 g/mol. The van der Waals surface area contributed by atoms with Crippen LogP contribution in [0.1, 0.15) is 13.8 Å². The first kappa shape index (κ1) is 21.0. The molecule has 1 unspecified atom stereocenters. The van der Waals surface area contributed by atoms with Crippen molar-refractivity contribution in [3.8, 4) is 0 Å². The van der Waals surface area contributed by atoms with Crippen molar-refractivity contribution in [1.82, 2.24) is 10.2 Å². The highest BCUT2D eigenvalue weighted by atomic mass is 35.5. The van der Waals surface area contributed by atoms with Crippen LogP contribution in [0.3, 0.4) is 0 Å². The smallest absolute Gasteiger partial charge is 0.319 e. The van der Waals surface area contributed by atoms with Crippen LogP contribution in [0.4, 0.5) is 16.2 Å². The maximum absolute atomic E-state index is 13.1. The first-order valence-electron chi connectivity index (χ1n) is 9.86. The van der Waals surface area contributed by atoms with E-state index in [1.165, 1.54) is 0 Å². The molecule has 1 aliphatic rings. The van der Waals surface area contributed by atoms with Crippen LogP contribution >= 0.6 is 11.6 Å². The molecule has 6 nitrogen and oxygen atoms in total. The van der Waals surface area contributed by atoms with Gasteiger partial charge in [-0.2, -0.15) is 0 Å². The van der Waals surface area contributed by atoms with Gasteiger partial charge in [-0.25, -0.2) is 4.79 Å². The maximum atomic E-state index is 13.1. The SMILES string of the molecule is CC(C)C(NC(=O)Nc1ccccc1)C(=O)N1CCN(c2cccc(Cl)c2)CC1. The number of hydrogen-bond donors (Lipinski definition) is 2. The number of urea groups is 1. The van der Waals surface area contributed by atoms with E-state index in [1.54, 1.807) is 12.1 Å². The fourth-order valence-corrected chi connectivity index (χ4v) is 3.58. The van der Waals surface area contributed by atoms with Gasteiger partial charge in [0, 0.05) is 42.6 Å². The second kappa shape index (κ2) is 9.65. The summed E-state index contributed by atoms with van der Waals surface area (Å²) >= 11 is 6.09. The van der Waals surface area contributed by atoms with Crippen LogP contribution in [0.25, 0.3) is 0 Å². The summed E-state index contributed by atoms with van der Waals surface area (Å²) < 4.78 is 0. The Labute approximate surface area is 176 Å². The van der Waals surface area contributed by atoms with E-state index in [-0.39, 0.29) is 17.9 Å². The fraction of sp³-hybridized carbons (Fsp3) is 0.364. The summed E-state index contributed by atoms with van der Waals surface area (Å²) in [6.07, 6.45) is 0. The van der Waals surface area contributed by atoms with E-state index in [4.69, 9.17) is 11.6 Å². The van der Waals surface area contributed by atoms with Gasteiger partial charge in [-0.3, -0.25) is 4.79 Å². The molecule has 1 saturated heterocycles. The molecule has 3 rings (SSSR count). The van der Waals surface area contributed by atoms with Gasteiger partial charge in [-0.1, -0.05) is 49.7 Å². The summed E-state index contributed by atoms with van der Waals surface area (Å²) in [7, 11) is 0. The molecule has 29 heavy (non-hydrogen) atoms. The number of nitrogens with one attached hydrogen (secondary N) is 2. The number of anilines is 2. The van der Waals surface area contributed by atoms with Gasteiger partial charge >= 0.3 is 6.03 Å². The first-order valence-corrected chi connectivity index (χ1v) is 10.2. The lowest BCUT2D eigenvalue weighted by atomic mass is 10.0. The Morgan fingerprint density at radius 1 is 0.966 bits per heavy atom. The van der Waals surface area contributed by atoms with Gasteiger partial charge in [0.25, 0.3) is 0 Å². The number of rotatable bonds is 5. The normalized spacial score (nSPS) is 15.2. The molecule has 7 heteroatoms. The Kier molecular flexibility index (Phi) is 6.99. The van der Waals surface area contributed by atoms with E-state index in [0.29, 0.717) is 23.8 Å². The molecule has 2 N–H and O–H groups in total. The van der Waals surface area contributed by atoms with Gasteiger partial charge in [0.05, 0.1) is 0 Å². The monoisotopic (exact) mass is 414 g/mol. The van der Waals surface area contributed by atoms with Gasteiger partial charge in [-0.15, -0.1) is 0 Å². The van der Waals surface area contributed by atoms with E-state index in [1.807, 2.05) is 61.2 Å². The minimum absolute atomic E-state index is 0.0185. The van der Waals surface area contributed by atoms with Crippen LogP contribution in [0.2, 0.25) is 5.02 Å². The zero-order chi connectivity index (χ0) is 20.8. The minimum atomic E-state index is -0.573. The molecule has 3 amide bonds. The molecule has 0 aromatic heterocycles. The van der Waals surface area contributed by atoms with E-state index < -0.39 is 6.04 Å². The number of amides is 3. The lowest BCUT2D eigenvalue weighted by molar-refractivity contribution is -0.134. The number of carbonyl (C=O) groups is 2. The molecule has 0 aliphatic carbocycles. The third-order valence-electron chi connectivity index (χ3n) is 5.02. The lowest BCUT2D eigenvalue weighted by Crippen LogP contribution is -2.57. The first-order chi connectivity index (χ1) is 13.9. The number of piperazine rings is 1. The van der Waals surface area contributed by atoms with Crippen molar-refractivity contribution in [2.45, 2.75) is 19.9 Å². The molecule has 0 spiro atoms. The van der Waals surface area contributed by atoms with E-state index in [0.717, 1.165) is 18.8 Å². The molecule has 1 heterocycles. The lowest BCUT2D eigenvalue weighted by Gasteiger charge is -2.38. The molecule has 1 fully saturated rings. The van der Waals surface area contributed by atoms with Crippen molar-refractivity contribution in [2.24, 2.45) is 5.92 Å². The second-order valence-corrected chi connectivity index (χ2v) is 7.91. The molecule has 0 saturated carbocycles. The molecule has 2 aromatic carbocycles. The third kappa shape index (κ3) is 5.64. The van der Waals surface area contributed by atoms with Crippen LogP contribution < -0.4 is 15.5 Å². The number of carbonyl (C=O) groups excluding carboxylic acids is 2. The number of hydrogen-bond acceptors (Lipinski definition) is 3. The summed E-state index contributed by atoms with van der Waals surface area (Å²) in [6, 6.07) is 16.0. The standard InChI is InChI=1S/C22H27ClN4O2/c1-16(2)20(25-22(29)24-18-8-4-3-5-9-18)21(28)27-13-11-26(12-14-27)19-10-6-7-17(23)15-19/h3-10,15-16,20H,11-14H2,1-2H3,(H2,24,25,29). The summed E-state index contributed by atoms with van der Waals surface area (Å²) in [5.74, 6) is -0.0658.